The average Bonchev–Trinajstić information content (AvgIpc) is 2.16. The summed E-state index contributed by atoms with van der Waals surface area (Å²) >= 11 is 0. The van der Waals surface area contributed by atoms with E-state index in [0.29, 0.717) is 0 Å². The van der Waals surface area contributed by atoms with Crippen molar-refractivity contribution in [1.82, 2.24) is 0 Å². The zero-order valence-electron chi connectivity index (χ0n) is 8.76. The zero-order chi connectivity index (χ0) is 9.68. The molecule has 0 fully saturated rings. The van der Waals surface area contributed by atoms with Gasteiger partial charge in [-0.25, -0.2) is 0 Å². The van der Waals surface area contributed by atoms with Gasteiger partial charge in [-0.05, 0) is 31.4 Å². The minimum atomic E-state index is 0.816. The number of hydrogen-bond donors (Lipinski definition) is 0. The Hall–Kier alpha value is -0.980. The molecule has 0 aliphatic heterocycles. The fourth-order valence-corrected chi connectivity index (χ4v) is 1.34. The van der Waals surface area contributed by atoms with E-state index in [1.807, 2.05) is 0 Å². The third-order valence-corrected chi connectivity index (χ3v) is 2.06. The van der Waals surface area contributed by atoms with Crippen molar-refractivity contribution in [1.29, 1.82) is 0 Å². The molecule has 1 nitrogen and oxygen atoms in total. The lowest BCUT2D eigenvalue weighted by Crippen LogP contribution is -1.98. The van der Waals surface area contributed by atoms with E-state index in [-0.39, 0.29) is 0 Å². The van der Waals surface area contributed by atoms with Crippen LogP contribution in [-0.4, -0.2) is 6.61 Å². The molecule has 0 bridgehead atoms. The molecule has 1 rings (SSSR count). The molecule has 0 amide bonds. The molecule has 13 heavy (non-hydrogen) atoms. The molecule has 1 aromatic rings. The van der Waals surface area contributed by atoms with Crippen LogP contribution >= 0.6 is 0 Å². The molecule has 0 aromatic heterocycles. The average molecular weight is 178 g/mol. The summed E-state index contributed by atoms with van der Waals surface area (Å²) in [5.41, 5.74) is 2.62. The van der Waals surface area contributed by atoms with Crippen molar-refractivity contribution >= 4 is 0 Å². The Labute approximate surface area is 80.7 Å². The molecule has 72 valence electrons. The van der Waals surface area contributed by atoms with Crippen LogP contribution in [0.3, 0.4) is 0 Å². The highest BCUT2D eigenvalue weighted by Gasteiger charge is 2.00. The van der Waals surface area contributed by atoms with Gasteiger partial charge in [-0.3, -0.25) is 0 Å². The lowest BCUT2D eigenvalue weighted by atomic mass is 10.1. The van der Waals surface area contributed by atoms with Crippen molar-refractivity contribution in [2.75, 3.05) is 6.61 Å². The van der Waals surface area contributed by atoms with Gasteiger partial charge in [0, 0.05) is 0 Å². The normalized spacial score (nSPS) is 10.1. The monoisotopic (exact) mass is 178 g/mol. The smallest absolute Gasteiger partial charge is 0.122 e. The van der Waals surface area contributed by atoms with Gasteiger partial charge in [-0.15, -0.1) is 0 Å². The first kappa shape index (κ1) is 10.1. The fraction of sp³-hybridized carbons (Fsp3) is 0.500. The largest absolute Gasteiger partial charge is 0.493 e. The first-order valence-corrected chi connectivity index (χ1v) is 5.00. The topological polar surface area (TPSA) is 9.23 Å². The van der Waals surface area contributed by atoms with Crippen LogP contribution in [0.2, 0.25) is 0 Å². The molecular weight excluding hydrogens is 160 g/mol. The Morgan fingerprint density at radius 2 is 2.00 bits per heavy atom. The summed E-state index contributed by atoms with van der Waals surface area (Å²) in [5, 5.41) is 0. The molecule has 0 aliphatic rings. The van der Waals surface area contributed by atoms with Crippen LogP contribution in [0, 0.1) is 6.92 Å². The second-order valence-corrected chi connectivity index (χ2v) is 3.31. The summed E-state index contributed by atoms with van der Waals surface area (Å²) in [6.07, 6.45) is 2.11. The highest BCUT2D eigenvalue weighted by molar-refractivity contribution is 5.36. The molecule has 0 unspecified atom stereocenters. The molecular formula is C12H18O. The van der Waals surface area contributed by atoms with Crippen molar-refractivity contribution in [3.8, 4) is 5.75 Å². The summed E-state index contributed by atoms with van der Waals surface area (Å²) in [4.78, 5) is 0. The van der Waals surface area contributed by atoms with E-state index in [1.165, 1.54) is 11.1 Å². The van der Waals surface area contributed by atoms with Crippen molar-refractivity contribution in [2.24, 2.45) is 0 Å². The quantitative estimate of drug-likeness (QED) is 0.687. The maximum absolute atomic E-state index is 5.63. The maximum atomic E-state index is 5.63. The number of benzene rings is 1. The summed E-state index contributed by atoms with van der Waals surface area (Å²) < 4.78 is 5.63. The highest BCUT2D eigenvalue weighted by atomic mass is 16.5. The van der Waals surface area contributed by atoms with Gasteiger partial charge in [0.05, 0.1) is 6.61 Å². The number of aryl methyl sites for hydroxylation is 2. The van der Waals surface area contributed by atoms with Crippen molar-refractivity contribution in [3.05, 3.63) is 29.3 Å². The summed E-state index contributed by atoms with van der Waals surface area (Å²) in [5.74, 6) is 1.05. The molecule has 0 spiro atoms. The van der Waals surface area contributed by atoms with E-state index in [2.05, 4.69) is 39.0 Å². The Morgan fingerprint density at radius 3 is 2.62 bits per heavy atom. The van der Waals surface area contributed by atoms with Gasteiger partial charge in [0.2, 0.25) is 0 Å². The number of hydrogen-bond acceptors (Lipinski definition) is 1. The predicted molar refractivity (Wildman–Crippen MR) is 56.3 cm³/mol. The van der Waals surface area contributed by atoms with E-state index in [9.17, 15) is 0 Å². The first-order valence-electron chi connectivity index (χ1n) is 5.00. The van der Waals surface area contributed by atoms with Crippen LogP contribution in [-0.2, 0) is 6.42 Å². The molecule has 0 saturated carbocycles. The highest BCUT2D eigenvalue weighted by Crippen LogP contribution is 2.20. The van der Waals surface area contributed by atoms with Crippen LogP contribution in [0.25, 0.3) is 0 Å². The summed E-state index contributed by atoms with van der Waals surface area (Å²) in [6, 6.07) is 6.37. The van der Waals surface area contributed by atoms with Crippen LogP contribution in [0.15, 0.2) is 18.2 Å². The third kappa shape index (κ3) is 2.76. The molecule has 0 atom stereocenters. The van der Waals surface area contributed by atoms with Crippen LogP contribution in [0.4, 0.5) is 0 Å². The molecule has 1 aromatic carbocycles. The van der Waals surface area contributed by atoms with E-state index in [1.54, 1.807) is 0 Å². The van der Waals surface area contributed by atoms with Crippen molar-refractivity contribution < 1.29 is 4.74 Å². The van der Waals surface area contributed by atoms with Crippen molar-refractivity contribution in [2.45, 2.75) is 33.6 Å². The number of ether oxygens (including phenoxy) is 1. The van der Waals surface area contributed by atoms with Crippen molar-refractivity contribution in [3.63, 3.8) is 0 Å². The van der Waals surface area contributed by atoms with E-state index in [0.717, 1.165) is 25.2 Å². The molecule has 0 heterocycles. The van der Waals surface area contributed by atoms with Gasteiger partial charge in [0.1, 0.15) is 5.75 Å². The SMILES string of the molecule is CCCOc1ccc(C)cc1CC. The minimum absolute atomic E-state index is 0.816. The van der Waals surface area contributed by atoms with Gasteiger partial charge in [0.15, 0.2) is 0 Å². The van der Waals surface area contributed by atoms with Crippen LogP contribution < -0.4 is 4.74 Å². The van der Waals surface area contributed by atoms with Gasteiger partial charge in [-0.2, -0.15) is 0 Å². The van der Waals surface area contributed by atoms with E-state index < -0.39 is 0 Å². The Bertz CT molecular complexity index is 266. The number of rotatable bonds is 4. The van der Waals surface area contributed by atoms with E-state index in [4.69, 9.17) is 4.74 Å². The van der Waals surface area contributed by atoms with Gasteiger partial charge in [0.25, 0.3) is 0 Å². The summed E-state index contributed by atoms with van der Waals surface area (Å²) in [6.45, 7) is 7.21. The maximum Gasteiger partial charge on any atom is 0.122 e. The molecule has 1 heteroatoms. The van der Waals surface area contributed by atoms with Gasteiger partial charge < -0.3 is 4.74 Å². The zero-order valence-corrected chi connectivity index (χ0v) is 8.76. The Kier molecular flexibility index (Phi) is 3.81. The van der Waals surface area contributed by atoms with Gasteiger partial charge in [-0.1, -0.05) is 31.5 Å². The summed E-state index contributed by atoms with van der Waals surface area (Å²) in [7, 11) is 0. The first-order chi connectivity index (χ1) is 6.27. The fourth-order valence-electron chi connectivity index (χ4n) is 1.34. The second kappa shape index (κ2) is 4.90. The van der Waals surface area contributed by atoms with Crippen LogP contribution in [0.1, 0.15) is 31.4 Å². The third-order valence-electron chi connectivity index (χ3n) is 2.06. The Balaban J connectivity index is 2.79. The molecule has 0 saturated heterocycles. The second-order valence-electron chi connectivity index (χ2n) is 3.31. The molecule has 0 N–H and O–H groups in total. The predicted octanol–water partition coefficient (Wildman–Crippen LogP) is 3.35. The lowest BCUT2D eigenvalue weighted by molar-refractivity contribution is 0.314. The molecule has 0 aliphatic carbocycles. The Morgan fingerprint density at radius 1 is 1.23 bits per heavy atom. The standard InChI is InChI=1S/C12H18O/c1-4-8-13-12-7-6-10(3)9-11(12)5-2/h6-7,9H,4-5,8H2,1-3H3. The van der Waals surface area contributed by atoms with Crippen LogP contribution in [0.5, 0.6) is 5.75 Å². The lowest BCUT2D eigenvalue weighted by Gasteiger charge is -2.09. The van der Waals surface area contributed by atoms with Gasteiger partial charge >= 0.3 is 0 Å². The minimum Gasteiger partial charge on any atom is -0.493 e. The molecule has 0 radical (unpaired) electrons. The van der Waals surface area contributed by atoms with E-state index >= 15 is 0 Å².